The molecule has 38 heavy (non-hydrogen) atoms. The fourth-order valence-corrected chi connectivity index (χ4v) is 4.69. The molecule has 9 heteroatoms. The zero-order valence-electron chi connectivity index (χ0n) is 20.2. The van der Waals surface area contributed by atoms with Crippen LogP contribution in [0.25, 0.3) is 22.2 Å². The Bertz CT molecular complexity index is 1570. The average molecular weight is 506 g/mol. The van der Waals surface area contributed by atoms with Gasteiger partial charge in [-0.3, -0.25) is 4.84 Å². The van der Waals surface area contributed by atoms with Crippen molar-refractivity contribution < 1.29 is 19.2 Å². The van der Waals surface area contributed by atoms with Crippen molar-refractivity contribution in [2.45, 2.75) is 12.5 Å². The number of benzene rings is 4. The van der Waals surface area contributed by atoms with Crippen LogP contribution < -0.4 is 10.3 Å². The lowest BCUT2D eigenvalue weighted by Crippen LogP contribution is -2.49. The monoisotopic (exact) mass is 505 g/mol. The number of carbonyl (C=O) groups excluding carboxylic acids is 2. The lowest BCUT2D eigenvalue weighted by molar-refractivity contribution is 0.0537. The van der Waals surface area contributed by atoms with Gasteiger partial charge in [0.2, 0.25) is 0 Å². The van der Waals surface area contributed by atoms with Crippen molar-refractivity contribution in [2.75, 3.05) is 6.61 Å². The topological polar surface area (TPSA) is 98.6 Å². The molecule has 1 aromatic heterocycles. The predicted octanol–water partition coefficient (Wildman–Crippen LogP) is 4.94. The van der Waals surface area contributed by atoms with Crippen molar-refractivity contribution in [1.82, 2.24) is 25.6 Å². The van der Waals surface area contributed by atoms with Gasteiger partial charge in [0.15, 0.2) is 0 Å². The molecule has 0 fully saturated rings. The van der Waals surface area contributed by atoms with Crippen molar-refractivity contribution in [3.05, 3.63) is 120 Å². The largest absolute Gasteiger partial charge is 0.455 e. The van der Waals surface area contributed by atoms with E-state index >= 15 is 0 Å². The van der Waals surface area contributed by atoms with Crippen LogP contribution in [0.3, 0.4) is 0 Å². The molecular formula is C29H23N5O4. The Hall–Kier alpha value is -5.18. The number of amides is 2. The summed E-state index contributed by atoms with van der Waals surface area (Å²) in [6.07, 6.45) is -1.62. The van der Waals surface area contributed by atoms with Gasteiger partial charge in [0.1, 0.15) is 17.6 Å². The van der Waals surface area contributed by atoms with Gasteiger partial charge in [0, 0.05) is 5.92 Å². The minimum atomic E-state index is -0.849. The molecule has 4 aromatic carbocycles. The number of hydrogen-bond donors (Lipinski definition) is 1. The molecule has 0 radical (unpaired) electrons. The van der Waals surface area contributed by atoms with Crippen molar-refractivity contribution in [3.63, 3.8) is 0 Å². The Morgan fingerprint density at radius 2 is 1.45 bits per heavy atom. The molecule has 0 atom stereocenters. The Labute approximate surface area is 218 Å². The maximum Gasteiger partial charge on any atom is 0.455 e. The number of nitrogens with one attached hydrogen (secondary N) is 1. The highest BCUT2D eigenvalue weighted by Crippen LogP contribution is 2.44. The summed E-state index contributed by atoms with van der Waals surface area (Å²) < 4.78 is 5.63. The zero-order chi connectivity index (χ0) is 25.9. The standard InChI is InChI=1S/C29H23N5O4/c35-28(37-19-25-23-14-6-4-12-21(23)22-13-5-7-15-24(22)25)31-33(18-20-10-2-1-3-11-20)29(36)38-34-27-17-9-8-16-26(27)30-32-34/h1-17,25H,18-19H2,(H,31,35). The average Bonchev–Trinajstić information content (AvgIpc) is 3.51. The van der Waals surface area contributed by atoms with Gasteiger partial charge in [-0.15, -0.1) is 5.10 Å². The molecule has 6 rings (SSSR count). The number of nitrogens with zero attached hydrogens (tertiary/aromatic N) is 4. The molecule has 2 amide bonds. The molecular weight excluding hydrogens is 482 g/mol. The van der Waals surface area contributed by atoms with Gasteiger partial charge in [-0.05, 0) is 45.2 Å². The van der Waals surface area contributed by atoms with E-state index in [-0.39, 0.29) is 19.1 Å². The van der Waals surface area contributed by atoms with Gasteiger partial charge < -0.3 is 4.74 Å². The van der Waals surface area contributed by atoms with E-state index < -0.39 is 12.2 Å². The first kappa shape index (κ1) is 23.2. The summed E-state index contributed by atoms with van der Waals surface area (Å²) in [5.41, 5.74) is 8.86. The fourth-order valence-electron chi connectivity index (χ4n) is 4.69. The van der Waals surface area contributed by atoms with Gasteiger partial charge in [0.25, 0.3) is 0 Å². The number of rotatable bonds is 5. The van der Waals surface area contributed by atoms with Gasteiger partial charge in [-0.2, -0.15) is 0 Å². The molecule has 0 saturated heterocycles. The van der Waals surface area contributed by atoms with Crippen LogP contribution in [0.1, 0.15) is 22.6 Å². The van der Waals surface area contributed by atoms with Gasteiger partial charge in [-0.25, -0.2) is 20.0 Å². The SMILES string of the molecule is O=C(NN(Cc1ccccc1)C(=O)On1nnc2ccccc21)OCC1c2ccccc2-c2ccccc21. The quantitative estimate of drug-likeness (QED) is 0.269. The summed E-state index contributed by atoms with van der Waals surface area (Å²) in [6.45, 7) is 0.165. The van der Waals surface area contributed by atoms with E-state index in [1.165, 1.54) is 0 Å². The predicted molar refractivity (Wildman–Crippen MR) is 140 cm³/mol. The van der Waals surface area contributed by atoms with Crippen LogP contribution >= 0.6 is 0 Å². The van der Waals surface area contributed by atoms with Crippen LogP contribution in [-0.4, -0.2) is 39.0 Å². The summed E-state index contributed by atoms with van der Waals surface area (Å²) in [5, 5.41) is 8.93. The molecule has 0 bridgehead atoms. The van der Waals surface area contributed by atoms with Crippen LogP contribution in [0.4, 0.5) is 9.59 Å². The highest BCUT2D eigenvalue weighted by Gasteiger charge is 2.29. The maximum atomic E-state index is 13.1. The Balaban J connectivity index is 1.18. The Morgan fingerprint density at radius 1 is 0.816 bits per heavy atom. The van der Waals surface area contributed by atoms with Crippen LogP contribution in [0.15, 0.2) is 103 Å². The first-order chi connectivity index (χ1) is 18.7. The number of fused-ring (bicyclic) bond motifs is 4. The van der Waals surface area contributed by atoms with Crippen molar-refractivity contribution in [3.8, 4) is 11.1 Å². The van der Waals surface area contributed by atoms with Crippen LogP contribution in [-0.2, 0) is 11.3 Å². The van der Waals surface area contributed by atoms with Gasteiger partial charge in [0.05, 0.1) is 6.54 Å². The number of hydrazine groups is 1. The molecule has 0 saturated carbocycles. The van der Waals surface area contributed by atoms with Crippen LogP contribution in [0.5, 0.6) is 0 Å². The molecule has 1 heterocycles. The van der Waals surface area contributed by atoms with E-state index in [1.807, 2.05) is 72.8 Å². The van der Waals surface area contributed by atoms with E-state index in [0.29, 0.717) is 11.0 Å². The summed E-state index contributed by atoms with van der Waals surface area (Å²) in [4.78, 5) is 32.5. The highest BCUT2D eigenvalue weighted by atomic mass is 16.7. The third kappa shape index (κ3) is 4.53. The third-order valence-electron chi connectivity index (χ3n) is 6.46. The number of carbonyl (C=O) groups is 2. The van der Waals surface area contributed by atoms with Crippen LogP contribution in [0.2, 0.25) is 0 Å². The Morgan fingerprint density at radius 3 is 2.18 bits per heavy atom. The minimum Gasteiger partial charge on any atom is -0.447 e. The molecule has 1 aliphatic rings. The van der Waals surface area contributed by atoms with E-state index in [4.69, 9.17) is 9.57 Å². The molecule has 5 aromatic rings. The summed E-state index contributed by atoms with van der Waals surface area (Å²) in [7, 11) is 0. The number of hydrogen-bond acceptors (Lipinski definition) is 6. The van der Waals surface area contributed by atoms with E-state index in [0.717, 1.165) is 37.7 Å². The highest BCUT2D eigenvalue weighted by molar-refractivity contribution is 5.79. The number of para-hydroxylation sites is 1. The lowest BCUT2D eigenvalue weighted by Gasteiger charge is -2.22. The fraction of sp³-hybridized carbons (Fsp3) is 0.103. The van der Waals surface area contributed by atoms with Crippen molar-refractivity contribution in [1.29, 1.82) is 0 Å². The molecule has 1 N–H and O–H groups in total. The van der Waals surface area contributed by atoms with Crippen LogP contribution in [0, 0.1) is 0 Å². The number of ether oxygens (including phenoxy) is 1. The first-order valence-electron chi connectivity index (χ1n) is 12.1. The Kier molecular flexibility index (Phi) is 6.15. The molecule has 188 valence electrons. The zero-order valence-corrected chi connectivity index (χ0v) is 20.2. The second-order valence-corrected chi connectivity index (χ2v) is 8.82. The second kappa shape index (κ2) is 10.1. The first-order valence-corrected chi connectivity index (χ1v) is 12.1. The third-order valence-corrected chi connectivity index (χ3v) is 6.46. The minimum absolute atomic E-state index is 0.0521. The smallest absolute Gasteiger partial charge is 0.447 e. The summed E-state index contributed by atoms with van der Waals surface area (Å²) in [5.74, 6) is -0.107. The summed E-state index contributed by atoms with van der Waals surface area (Å²) >= 11 is 0. The molecule has 0 aliphatic heterocycles. The van der Waals surface area contributed by atoms with Gasteiger partial charge in [-0.1, -0.05) is 95.8 Å². The maximum absolute atomic E-state index is 13.1. The molecule has 0 unspecified atom stereocenters. The number of aromatic nitrogens is 3. The van der Waals surface area contributed by atoms with E-state index in [1.54, 1.807) is 18.2 Å². The lowest BCUT2D eigenvalue weighted by atomic mass is 9.98. The summed E-state index contributed by atoms with van der Waals surface area (Å²) in [6, 6.07) is 32.5. The molecule has 0 spiro atoms. The normalized spacial score (nSPS) is 12.0. The van der Waals surface area contributed by atoms with E-state index in [2.05, 4.69) is 27.9 Å². The molecule has 1 aliphatic carbocycles. The van der Waals surface area contributed by atoms with Crippen molar-refractivity contribution in [2.24, 2.45) is 0 Å². The second-order valence-electron chi connectivity index (χ2n) is 8.82. The van der Waals surface area contributed by atoms with Gasteiger partial charge >= 0.3 is 12.2 Å². The molecule has 9 nitrogen and oxygen atoms in total. The van der Waals surface area contributed by atoms with E-state index in [9.17, 15) is 9.59 Å². The van der Waals surface area contributed by atoms with Crippen molar-refractivity contribution >= 4 is 23.2 Å².